The Labute approximate surface area is 225 Å². The number of nitrogens with zero attached hydrogens (tertiary/aromatic N) is 5. The SMILES string of the molecule is COc1ccc2c(c1)[C@]1(C[C@H]1c1ccc3c(Nc4ncnc(N5CCOCC5)c4OC)n[nH]c3c1)C(=O)N2C. The fourth-order valence-corrected chi connectivity index (χ4v) is 6.12. The molecule has 1 aliphatic carbocycles. The van der Waals surface area contributed by atoms with Crippen molar-refractivity contribution in [2.75, 3.05) is 62.7 Å². The van der Waals surface area contributed by atoms with Crippen LogP contribution < -0.4 is 24.6 Å². The number of ether oxygens (including phenoxy) is 3. The van der Waals surface area contributed by atoms with E-state index in [1.165, 1.54) is 6.33 Å². The third kappa shape index (κ3) is 3.53. The van der Waals surface area contributed by atoms with Crippen LogP contribution in [0.1, 0.15) is 23.5 Å². The summed E-state index contributed by atoms with van der Waals surface area (Å²) >= 11 is 0. The second kappa shape index (κ2) is 8.84. The zero-order chi connectivity index (χ0) is 26.7. The summed E-state index contributed by atoms with van der Waals surface area (Å²) in [5.41, 5.74) is 3.43. The van der Waals surface area contributed by atoms with Gasteiger partial charge in [0.15, 0.2) is 17.5 Å². The second-order valence-corrected chi connectivity index (χ2v) is 10.2. The predicted molar refractivity (Wildman–Crippen MR) is 146 cm³/mol. The standard InChI is InChI=1S/C28H29N7O4/c1-34-22-7-5-17(37-2)13-19(22)28(27(34)36)14-20(28)16-4-6-18-21(12-16)32-33-24(18)31-25-23(38-3)26(30-15-29-25)35-8-10-39-11-9-35/h4-7,12-13,15,20H,8-11,14H2,1-3H3,(H2,29,30,31,32,33)/t20-,28-/m0/s1. The highest BCUT2D eigenvalue weighted by Crippen LogP contribution is 2.66. The summed E-state index contributed by atoms with van der Waals surface area (Å²) in [6, 6.07) is 12.1. The number of aromatic amines is 1. The fourth-order valence-electron chi connectivity index (χ4n) is 6.12. The minimum atomic E-state index is -0.544. The first-order valence-corrected chi connectivity index (χ1v) is 13.0. The van der Waals surface area contributed by atoms with Gasteiger partial charge in [0.2, 0.25) is 11.7 Å². The molecule has 4 aromatic rings. The van der Waals surface area contributed by atoms with Gasteiger partial charge in [-0.3, -0.25) is 9.89 Å². The van der Waals surface area contributed by atoms with Crippen molar-refractivity contribution in [3.05, 3.63) is 53.9 Å². The summed E-state index contributed by atoms with van der Waals surface area (Å²) in [7, 11) is 5.11. The van der Waals surface area contributed by atoms with Crippen molar-refractivity contribution < 1.29 is 19.0 Å². The number of methoxy groups -OCH3 is 2. The molecule has 2 N–H and O–H groups in total. The highest BCUT2D eigenvalue weighted by Gasteiger charge is 2.66. The molecule has 2 aromatic heterocycles. The molecular weight excluding hydrogens is 498 g/mol. The molecule has 39 heavy (non-hydrogen) atoms. The van der Waals surface area contributed by atoms with E-state index in [0.29, 0.717) is 30.6 Å². The van der Waals surface area contributed by atoms with E-state index in [1.807, 2.05) is 31.3 Å². The number of hydrogen-bond acceptors (Lipinski definition) is 9. The van der Waals surface area contributed by atoms with Crippen molar-refractivity contribution in [3.63, 3.8) is 0 Å². The Morgan fingerprint density at radius 3 is 2.72 bits per heavy atom. The highest BCUT2D eigenvalue weighted by molar-refractivity contribution is 6.11. The van der Waals surface area contributed by atoms with Crippen LogP contribution in [0.25, 0.3) is 10.9 Å². The molecule has 0 radical (unpaired) electrons. The highest BCUT2D eigenvalue weighted by atomic mass is 16.5. The average molecular weight is 528 g/mol. The van der Waals surface area contributed by atoms with Crippen LogP contribution in [0.5, 0.6) is 11.5 Å². The lowest BCUT2D eigenvalue weighted by Gasteiger charge is -2.29. The Morgan fingerprint density at radius 1 is 1.08 bits per heavy atom. The molecule has 1 saturated heterocycles. The van der Waals surface area contributed by atoms with E-state index in [0.717, 1.165) is 58.8 Å². The number of rotatable bonds is 6. The van der Waals surface area contributed by atoms with Gasteiger partial charge in [-0.05, 0) is 47.9 Å². The molecular formula is C28H29N7O4. The van der Waals surface area contributed by atoms with E-state index in [-0.39, 0.29) is 11.8 Å². The van der Waals surface area contributed by atoms with Gasteiger partial charge in [0.1, 0.15) is 12.1 Å². The summed E-state index contributed by atoms with van der Waals surface area (Å²) < 4.78 is 16.7. The van der Waals surface area contributed by atoms with Gasteiger partial charge in [-0.25, -0.2) is 9.97 Å². The van der Waals surface area contributed by atoms with E-state index >= 15 is 0 Å². The summed E-state index contributed by atoms with van der Waals surface area (Å²) in [5.74, 6) is 3.44. The Bertz CT molecular complexity index is 1600. The molecule has 1 amide bonds. The van der Waals surface area contributed by atoms with E-state index in [4.69, 9.17) is 14.2 Å². The molecule has 1 saturated carbocycles. The number of nitrogens with one attached hydrogen (secondary N) is 2. The van der Waals surface area contributed by atoms with Crippen LogP contribution >= 0.6 is 0 Å². The number of carbonyl (C=O) groups is 1. The molecule has 3 aliphatic rings. The van der Waals surface area contributed by atoms with Gasteiger partial charge < -0.3 is 29.3 Å². The molecule has 4 heterocycles. The maximum atomic E-state index is 13.4. The van der Waals surface area contributed by atoms with E-state index < -0.39 is 5.41 Å². The molecule has 2 aromatic carbocycles. The summed E-state index contributed by atoms with van der Waals surface area (Å²) in [5, 5.41) is 11.9. The Balaban J connectivity index is 1.19. The lowest BCUT2D eigenvalue weighted by molar-refractivity contribution is -0.120. The van der Waals surface area contributed by atoms with Crippen molar-refractivity contribution >= 4 is 40.0 Å². The number of aromatic nitrogens is 4. The van der Waals surface area contributed by atoms with Crippen LogP contribution in [0.15, 0.2) is 42.7 Å². The quantitative estimate of drug-likeness (QED) is 0.389. The van der Waals surface area contributed by atoms with Crippen molar-refractivity contribution in [2.45, 2.75) is 17.8 Å². The van der Waals surface area contributed by atoms with Crippen LogP contribution in [0.4, 0.5) is 23.1 Å². The second-order valence-electron chi connectivity index (χ2n) is 10.2. The number of anilines is 4. The third-order valence-electron chi connectivity index (χ3n) is 8.22. The van der Waals surface area contributed by atoms with Crippen LogP contribution in [0, 0.1) is 0 Å². The monoisotopic (exact) mass is 527 g/mol. The molecule has 7 rings (SSSR count). The molecule has 11 heteroatoms. The van der Waals surface area contributed by atoms with E-state index in [2.05, 4.69) is 42.5 Å². The Kier molecular flexibility index (Phi) is 5.37. The lowest BCUT2D eigenvalue weighted by atomic mass is 9.91. The number of hydrogen-bond donors (Lipinski definition) is 2. The fraction of sp³-hybridized carbons (Fsp3) is 0.357. The van der Waals surface area contributed by atoms with Crippen molar-refractivity contribution in [3.8, 4) is 11.5 Å². The number of likely N-dealkylation sites (N-methyl/N-ethyl adjacent to an activating group) is 1. The maximum Gasteiger partial charge on any atom is 0.238 e. The number of carbonyl (C=O) groups excluding carboxylic acids is 1. The summed E-state index contributed by atoms with van der Waals surface area (Å²) in [6.07, 6.45) is 2.29. The number of fused-ring (bicyclic) bond motifs is 3. The van der Waals surface area contributed by atoms with Gasteiger partial charge in [-0.2, -0.15) is 5.10 Å². The lowest BCUT2D eigenvalue weighted by Crippen LogP contribution is -2.37. The van der Waals surface area contributed by atoms with Crippen LogP contribution in [-0.2, 0) is 14.9 Å². The number of benzene rings is 2. The number of H-pyrrole nitrogens is 1. The van der Waals surface area contributed by atoms with Crippen molar-refractivity contribution in [1.82, 2.24) is 20.2 Å². The summed E-state index contributed by atoms with van der Waals surface area (Å²) in [6.45, 7) is 2.76. The van der Waals surface area contributed by atoms with E-state index in [9.17, 15) is 4.79 Å². The molecule has 2 atom stereocenters. The van der Waals surface area contributed by atoms with Gasteiger partial charge in [0.05, 0.1) is 38.4 Å². The zero-order valence-electron chi connectivity index (χ0n) is 22.0. The topological polar surface area (TPSA) is 118 Å². The molecule has 1 spiro atoms. The average Bonchev–Trinajstić information content (AvgIpc) is 3.57. The van der Waals surface area contributed by atoms with Gasteiger partial charge >= 0.3 is 0 Å². The Hall–Kier alpha value is -4.38. The predicted octanol–water partition coefficient (Wildman–Crippen LogP) is 3.35. The van der Waals surface area contributed by atoms with Crippen LogP contribution in [-0.4, -0.2) is 73.6 Å². The van der Waals surface area contributed by atoms with Crippen LogP contribution in [0.3, 0.4) is 0 Å². The maximum absolute atomic E-state index is 13.4. The molecule has 200 valence electrons. The molecule has 2 fully saturated rings. The third-order valence-corrected chi connectivity index (χ3v) is 8.22. The first kappa shape index (κ1) is 23.7. The van der Waals surface area contributed by atoms with Gasteiger partial charge in [-0.15, -0.1) is 0 Å². The van der Waals surface area contributed by atoms with Gasteiger partial charge in [-0.1, -0.05) is 6.07 Å². The first-order chi connectivity index (χ1) is 19.0. The molecule has 0 bridgehead atoms. The van der Waals surface area contributed by atoms with Gasteiger partial charge in [0.25, 0.3) is 0 Å². The zero-order valence-corrected chi connectivity index (χ0v) is 22.0. The molecule has 0 unspecified atom stereocenters. The van der Waals surface area contributed by atoms with Crippen LogP contribution in [0.2, 0.25) is 0 Å². The number of morpholine rings is 1. The summed E-state index contributed by atoms with van der Waals surface area (Å²) in [4.78, 5) is 26.2. The molecule has 11 nitrogen and oxygen atoms in total. The van der Waals surface area contributed by atoms with Gasteiger partial charge in [0, 0.05) is 37.1 Å². The van der Waals surface area contributed by atoms with Crippen molar-refractivity contribution in [1.29, 1.82) is 0 Å². The van der Waals surface area contributed by atoms with E-state index in [1.54, 1.807) is 19.1 Å². The smallest absolute Gasteiger partial charge is 0.238 e. The Morgan fingerprint density at radius 2 is 1.92 bits per heavy atom. The minimum absolute atomic E-state index is 0.0861. The first-order valence-electron chi connectivity index (χ1n) is 13.0. The van der Waals surface area contributed by atoms with Crippen molar-refractivity contribution in [2.24, 2.45) is 0 Å². The largest absolute Gasteiger partial charge is 0.497 e. The molecule has 2 aliphatic heterocycles. The minimum Gasteiger partial charge on any atom is -0.497 e. The number of amides is 1. The normalized spacial score (nSPS) is 21.9.